The van der Waals surface area contributed by atoms with Crippen LogP contribution in [0.3, 0.4) is 0 Å². The summed E-state index contributed by atoms with van der Waals surface area (Å²) in [6.45, 7) is 9.48. The van der Waals surface area contributed by atoms with Crippen LogP contribution in [0.15, 0.2) is 18.2 Å². The Balaban J connectivity index is 1.86. The van der Waals surface area contributed by atoms with E-state index < -0.39 is 0 Å². The SMILES string of the molecule is Cc1ccc(CCN2CCOCC2)cc1C. The highest BCUT2D eigenvalue weighted by Gasteiger charge is 2.09. The standard InChI is InChI=1S/C14H21NO/c1-12-3-4-14(11-13(12)2)5-6-15-7-9-16-10-8-15/h3-4,11H,5-10H2,1-2H3. The van der Waals surface area contributed by atoms with Gasteiger partial charge in [-0.15, -0.1) is 0 Å². The fourth-order valence-corrected chi connectivity index (χ4v) is 2.07. The first kappa shape index (κ1) is 11.6. The Labute approximate surface area is 98.2 Å². The van der Waals surface area contributed by atoms with E-state index in [9.17, 15) is 0 Å². The van der Waals surface area contributed by atoms with E-state index in [1.807, 2.05) is 0 Å². The molecule has 1 aromatic rings. The van der Waals surface area contributed by atoms with Crippen LogP contribution < -0.4 is 0 Å². The van der Waals surface area contributed by atoms with E-state index in [-0.39, 0.29) is 0 Å². The van der Waals surface area contributed by atoms with Gasteiger partial charge in [-0.05, 0) is 37.0 Å². The maximum Gasteiger partial charge on any atom is 0.0594 e. The van der Waals surface area contributed by atoms with Gasteiger partial charge in [-0.1, -0.05) is 18.2 Å². The number of nitrogens with zero attached hydrogens (tertiary/aromatic N) is 1. The zero-order chi connectivity index (χ0) is 11.4. The molecule has 1 fully saturated rings. The Hall–Kier alpha value is -0.860. The molecule has 2 nitrogen and oxygen atoms in total. The molecule has 1 aliphatic rings. The average Bonchev–Trinajstić information content (AvgIpc) is 2.32. The number of hydrogen-bond donors (Lipinski definition) is 0. The monoisotopic (exact) mass is 219 g/mol. The Bertz CT molecular complexity index is 343. The van der Waals surface area contributed by atoms with Crippen molar-refractivity contribution < 1.29 is 4.74 Å². The van der Waals surface area contributed by atoms with Crippen molar-refractivity contribution in [3.8, 4) is 0 Å². The lowest BCUT2D eigenvalue weighted by atomic mass is 10.0. The van der Waals surface area contributed by atoms with Gasteiger partial charge in [0.15, 0.2) is 0 Å². The van der Waals surface area contributed by atoms with Crippen molar-refractivity contribution in [2.75, 3.05) is 32.8 Å². The fourth-order valence-electron chi connectivity index (χ4n) is 2.07. The summed E-state index contributed by atoms with van der Waals surface area (Å²) in [5.74, 6) is 0. The lowest BCUT2D eigenvalue weighted by Crippen LogP contribution is -2.37. The van der Waals surface area contributed by atoms with Crippen molar-refractivity contribution in [2.24, 2.45) is 0 Å². The van der Waals surface area contributed by atoms with Crippen LogP contribution in [0.1, 0.15) is 16.7 Å². The Morgan fingerprint density at radius 2 is 1.88 bits per heavy atom. The van der Waals surface area contributed by atoms with Gasteiger partial charge in [-0.3, -0.25) is 4.90 Å². The summed E-state index contributed by atoms with van der Waals surface area (Å²) in [5, 5.41) is 0. The van der Waals surface area contributed by atoms with Crippen molar-refractivity contribution in [1.82, 2.24) is 4.90 Å². The predicted molar refractivity (Wildman–Crippen MR) is 66.9 cm³/mol. The second-order valence-electron chi connectivity index (χ2n) is 4.62. The Morgan fingerprint density at radius 1 is 1.12 bits per heavy atom. The molecule has 0 atom stereocenters. The van der Waals surface area contributed by atoms with Gasteiger partial charge in [-0.2, -0.15) is 0 Å². The molecule has 0 aliphatic carbocycles. The van der Waals surface area contributed by atoms with Crippen LogP contribution in [0, 0.1) is 13.8 Å². The number of hydrogen-bond acceptors (Lipinski definition) is 2. The molecule has 0 amide bonds. The van der Waals surface area contributed by atoms with E-state index in [1.54, 1.807) is 0 Å². The molecule has 0 saturated carbocycles. The van der Waals surface area contributed by atoms with Crippen molar-refractivity contribution in [3.63, 3.8) is 0 Å². The molecule has 0 unspecified atom stereocenters. The summed E-state index contributed by atoms with van der Waals surface area (Å²) < 4.78 is 5.34. The fraction of sp³-hybridized carbons (Fsp3) is 0.571. The number of ether oxygens (including phenoxy) is 1. The summed E-state index contributed by atoms with van der Waals surface area (Å²) in [5.41, 5.74) is 4.24. The van der Waals surface area contributed by atoms with Crippen LogP contribution in [0.5, 0.6) is 0 Å². The van der Waals surface area contributed by atoms with Crippen LogP contribution in [0.25, 0.3) is 0 Å². The summed E-state index contributed by atoms with van der Waals surface area (Å²) in [7, 11) is 0. The zero-order valence-electron chi connectivity index (χ0n) is 10.3. The number of morpholine rings is 1. The average molecular weight is 219 g/mol. The second-order valence-corrected chi connectivity index (χ2v) is 4.62. The van der Waals surface area contributed by atoms with Gasteiger partial charge in [0.2, 0.25) is 0 Å². The third-order valence-corrected chi connectivity index (χ3v) is 3.39. The van der Waals surface area contributed by atoms with E-state index >= 15 is 0 Å². The molecule has 1 heterocycles. The molecule has 0 radical (unpaired) electrons. The Morgan fingerprint density at radius 3 is 2.56 bits per heavy atom. The van der Waals surface area contributed by atoms with Crippen molar-refractivity contribution in [3.05, 3.63) is 34.9 Å². The van der Waals surface area contributed by atoms with E-state index in [0.29, 0.717) is 0 Å². The minimum atomic E-state index is 0.896. The van der Waals surface area contributed by atoms with E-state index in [2.05, 4.69) is 36.9 Å². The first-order valence-corrected chi connectivity index (χ1v) is 6.12. The molecule has 0 aromatic heterocycles. The van der Waals surface area contributed by atoms with E-state index in [0.717, 1.165) is 39.3 Å². The first-order valence-electron chi connectivity index (χ1n) is 6.12. The molecular weight excluding hydrogens is 198 g/mol. The van der Waals surface area contributed by atoms with Gasteiger partial charge >= 0.3 is 0 Å². The molecule has 0 spiro atoms. The highest BCUT2D eigenvalue weighted by molar-refractivity contribution is 5.30. The quantitative estimate of drug-likeness (QED) is 0.772. The number of rotatable bonds is 3. The molecule has 88 valence electrons. The first-order chi connectivity index (χ1) is 7.75. The molecule has 2 rings (SSSR count). The summed E-state index contributed by atoms with van der Waals surface area (Å²) in [6, 6.07) is 6.79. The van der Waals surface area contributed by atoms with Crippen molar-refractivity contribution in [2.45, 2.75) is 20.3 Å². The van der Waals surface area contributed by atoms with Crippen molar-refractivity contribution >= 4 is 0 Å². The van der Waals surface area contributed by atoms with Gasteiger partial charge in [0.1, 0.15) is 0 Å². The molecule has 2 heteroatoms. The second kappa shape index (κ2) is 5.46. The highest BCUT2D eigenvalue weighted by atomic mass is 16.5. The van der Waals surface area contributed by atoms with Gasteiger partial charge in [0.05, 0.1) is 13.2 Å². The number of benzene rings is 1. The van der Waals surface area contributed by atoms with E-state index in [4.69, 9.17) is 4.74 Å². The predicted octanol–water partition coefficient (Wildman–Crippen LogP) is 2.18. The third-order valence-electron chi connectivity index (χ3n) is 3.39. The van der Waals surface area contributed by atoms with Crippen LogP contribution in [-0.4, -0.2) is 37.7 Å². The normalized spacial score (nSPS) is 17.6. The molecule has 0 bridgehead atoms. The van der Waals surface area contributed by atoms with Crippen LogP contribution in [0.2, 0.25) is 0 Å². The van der Waals surface area contributed by atoms with Gasteiger partial charge in [-0.25, -0.2) is 0 Å². The highest BCUT2D eigenvalue weighted by Crippen LogP contribution is 2.11. The van der Waals surface area contributed by atoms with Crippen LogP contribution in [0.4, 0.5) is 0 Å². The van der Waals surface area contributed by atoms with E-state index in [1.165, 1.54) is 16.7 Å². The third kappa shape index (κ3) is 3.06. The summed E-state index contributed by atoms with van der Waals surface area (Å²) >= 11 is 0. The summed E-state index contributed by atoms with van der Waals surface area (Å²) in [4.78, 5) is 2.48. The summed E-state index contributed by atoms with van der Waals surface area (Å²) in [6.07, 6.45) is 1.15. The molecule has 1 aromatic carbocycles. The largest absolute Gasteiger partial charge is 0.379 e. The molecule has 0 N–H and O–H groups in total. The topological polar surface area (TPSA) is 12.5 Å². The van der Waals surface area contributed by atoms with Crippen LogP contribution >= 0.6 is 0 Å². The van der Waals surface area contributed by atoms with Gasteiger partial charge in [0.25, 0.3) is 0 Å². The Kier molecular flexibility index (Phi) is 3.97. The lowest BCUT2D eigenvalue weighted by Gasteiger charge is -2.26. The van der Waals surface area contributed by atoms with Crippen LogP contribution in [-0.2, 0) is 11.2 Å². The maximum atomic E-state index is 5.34. The molecular formula is C14H21NO. The molecule has 1 aliphatic heterocycles. The minimum absolute atomic E-state index is 0.896. The molecule has 16 heavy (non-hydrogen) atoms. The number of aryl methyl sites for hydroxylation is 2. The van der Waals surface area contributed by atoms with Gasteiger partial charge in [0, 0.05) is 19.6 Å². The van der Waals surface area contributed by atoms with Crippen molar-refractivity contribution in [1.29, 1.82) is 0 Å². The smallest absolute Gasteiger partial charge is 0.0594 e. The minimum Gasteiger partial charge on any atom is -0.379 e. The molecule has 1 saturated heterocycles. The zero-order valence-corrected chi connectivity index (χ0v) is 10.3. The lowest BCUT2D eigenvalue weighted by molar-refractivity contribution is 0.0384. The van der Waals surface area contributed by atoms with Gasteiger partial charge < -0.3 is 4.74 Å². The maximum absolute atomic E-state index is 5.34.